The average molecular weight is 606 g/mol. The van der Waals surface area contributed by atoms with E-state index in [1.54, 1.807) is 66.7 Å². The Balaban J connectivity index is 0.000000525. The van der Waals surface area contributed by atoms with Crippen molar-refractivity contribution < 1.29 is 24.6 Å². The van der Waals surface area contributed by atoms with Crippen molar-refractivity contribution in [1.82, 2.24) is 0 Å². The van der Waals surface area contributed by atoms with Crippen molar-refractivity contribution in [3.05, 3.63) is 130 Å². The number of carbonyl (C=O) groups is 3. The second-order valence-corrected chi connectivity index (χ2v) is 12.6. The molecule has 0 saturated heterocycles. The van der Waals surface area contributed by atoms with Crippen molar-refractivity contribution in [3.63, 3.8) is 0 Å². The lowest BCUT2D eigenvalue weighted by molar-refractivity contribution is 0.0686. The van der Waals surface area contributed by atoms with Crippen molar-refractivity contribution in [2.75, 3.05) is 18.5 Å². The number of hydrogen-bond donors (Lipinski definition) is 2. The van der Waals surface area contributed by atoms with Gasteiger partial charge < -0.3 is 15.1 Å². The van der Waals surface area contributed by atoms with Crippen LogP contribution in [0.5, 0.6) is 0 Å². The molecule has 6 nitrogen and oxygen atoms in total. The third-order valence-corrected chi connectivity index (χ3v) is 7.19. The van der Waals surface area contributed by atoms with Gasteiger partial charge in [0.05, 0.1) is 11.1 Å². The Morgan fingerprint density at radius 3 is 1.82 bits per heavy atom. The highest BCUT2D eigenvalue weighted by molar-refractivity contribution is 6.08. The van der Waals surface area contributed by atoms with E-state index < -0.39 is 11.9 Å². The van der Waals surface area contributed by atoms with Gasteiger partial charge in [-0.2, -0.15) is 0 Å². The summed E-state index contributed by atoms with van der Waals surface area (Å²) >= 11 is 0. The molecule has 4 aromatic carbocycles. The minimum absolute atomic E-state index is 0.0887. The van der Waals surface area contributed by atoms with Gasteiger partial charge in [-0.3, -0.25) is 4.79 Å². The van der Waals surface area contributed by atoms with Crippen LogP contribution in [0.1, 0.15) is 82.4 Å². The van der Waals surface area contributed by atoms with Gasteiger partial charge in [-0.15, -0.1) is 0 Å². The maximum Gasteiger partial charge on any atom is 0.335 e. The van der Waals surface area contributed by atoms with Crippen molar-refractivity contribution >= 4 is 29.5 Å². The van der Waals surface area contributed by atoms with E-state index in [0.717, 1.165) is 34.5 Å². The van der Waals surface area contributed by atoms with Gasteiger partial charge in [-0.25, -0.2) is 9.59 Å². The number of anilines is 1. The second-order valence-electron chi connectivity index (χ2n) is 12.6. The molecule has 0 aromatic heterocycles. The van der Waals surface area contributed by atoms with E-state index in [2.05, 4.69) is 77.8 Å². The Kier molecular flexibility index (Phi) is 11.6. The number of carboxylic acid groups (broad SMARTS) is 2. The van der Waals surface area contributed by atoms with Crippen LogP contribution in [0.25, 0.3) is 17.2 Å². The number of hydrogen-bond acceptors (Lipinski definition) is 4. The van der Waals surface area contributed by atoms with E-state index in [4.69, 9.17) is 10.2 Å². The van der Waals surface area contributed by atoms with E-state index in [0.29, 0.717) is 17.0 Å². The molecule has 234 valence electrons. The van der Waals surface area contributed by atoms with E-state index in [9.17, 15) is 14.4 Å². The summed E-state index contributed by atoms with van der Waals surface area (Å²) < 4.78 is 0. The van der Waals surface area contributed by atoms with Gasteiger partial charge in [0, 0.05) is 30.4 Å². The maximum atomic E-state index is 13.4. The molecule has 4 aromatic rings. The topological polar surface area (TPSA) is 94.9 Å². The molecule has 0 unspecified atom stereocenters. The fourth-order valence-corrected chi connectivity index (χ4v) is 4.94. The number of aromatic carboxylic acids is 2. The van der Waals surface area contributed by atoms with Gasteiger partial charge in [-0.05, 0) is 77.4 Å². The van der Waals surface area contributed by atoms with Crippen LogP contribution >= 0.6 is 0 Å². The smallest absolute Gasteiger partial charge is 0.335 e. The SMILES string of the molecule is Cc1ccc(-c2cc(C(=O)/C=C/c3ccc(C(=O)O)cc3)cc(C(C)(C)C)c2N(C)CC(C)C)cc1.O=C(O)c1ccccc1. The van der Waals surface area contributed by atoms with Gasteiger partial charge >= 0.3 is 11.9 Å². The lowest BCUT2D eigenvalue weighted by Crippen LogP contribution is -2.27. The molecule has 0 saturated carbocycles. The third-order valence-electron chi connectivity index (χ3n) is 7.19. The minimum atomic E-state index is -0.970. The molecule has 0 amide bonds. The highest BCUT2D eigenvalue weighted by Crippen LogP contribution is 2.41. The van der Waals surface area contributed by atoms with Gasteiger partial charge in [0.2, 0.25) is 0 Å². The van der Waals surface area contributed by atoms with Crippen LogP contribution in [-0.4, -0.2) is 41.5 Å². The number of benzene rings is 4. The Morgan fingerprint density at radius 2 is 1.33 bits per heavy atom. The fourth-order valence-electron chi connectivity index (χ4n) is 4.94. The molecule has 0 heterocycles. The number of carbonyl (C=O) groups excluding carboxylic acids is 1. The van der Waals surface area contributed by atoms with Crippen molar-refractivity contribution in [2.24, 2.45) is 5.92 Å². The highest BCUT2D eigenvalue weighted by atomic mass is 16.4. The largest absolute Gasteiger partial charge is 0.478 e. The van der Waals surface area contributed by atoms with Crippen LogP contribution in [0.15, 0.2) is 97.1 Å². The molecule has 0 bridgehead atoms. The molecule has 0 aliphatic heterocycles. The maximum absolute atomic E-state index is 13.4. The summed E-state index contributed by atoms with van der Waals surface area (Å²) in [7, 11) is 2.13. The molecular formula is C39H43NO5. The molecule has 45 heavy (non-hydrogen) atoms. The zero-order chi connectivity index (χ0) is 33.3. The van der Waals surface area contributed by atoms with Crippen LogP contribution in [0.2, 0.25) is 0 Å². The predicted molar refractivity (Wildman–Crippen MR) is 184 cm³/mol. The Hall–Kier alpha value is -4.97. The fraction of sp³-hybridized carbons (Fsp3) is 0.256. The zero-order valence-corrected chi connectivity index (χ0v) is 27.2. The lowest BCUT2D eigenvalue weighted by atomic mass is 9.81. The molecule has 2 N–H and O–H groups in total. The molecule has 6 heteroatoms. The standard InChI is InChI=1S/C32H37NO3.C7H6O2/c1-21(2)20-33(7)30-27(24-13-8-22(3)9-14-24)18-26(19-28(30)32(4,5)6)29(34)17-12-23-10-15-25(16-11-23)31(35)36;8-7(9)6-4-2-1-3-5-6/h8-19,21H,20H2,1-7H3,(H,35,36);1-5H,(H,8,9)/b17-12+;. The zero-order valence-electron chi connectivity index (χ0n) is 27.2. The van der Waals surface area contributed by atoms with Crippen LogP contribution in [0.3, 0.4) is 0 Å². The van der Waals surface area contributed by atoms with Crippen LogP contribution in [-0.2, 0) is 5.41 Å². The molecular weight excluding hydrogens is 562 g/mol. The molecule has 0 aliphatic rings. The first-order chi connectivity index (χ1) is 21.2. The summed E-state index contributed by atoms with van der Waals surface area (Å²) in [5.74, 6) is -1.45. The van der Waals surface area contributed by atoms with E-state index in [-0.39, 0.29) is 16.8 Å². The molecule has 0 fully saturated rings. The van der Waals surface area contributed by atoms with Crippen LogP contribution in [0, 0.1) is 12.8 Å². The van der Waals surface area contributed by atoms with E-state index >= 15 is 0 Å². The third kappa shape index (κ3) is 9.77. The summed E-state index contributed by atoms with van der Waals surface area (Å²) in [6.07, 6.45) is 3.29. The second kappa shape index (κ2) is 15.2. The Morgan fingerprint density at radius 1 is 0.778 bits per heavy atom. The minimum Gasteiger partial charge on any atom is -0.478 e. The number of aryl methyl sites for hydroxylation is 1. The predicted octanol–water partition coefficient (Wildman–Crippen LogP) is 9.03. The van der Waals surface area contributed by atoms with Crippen LogP contribution < -0.4 is 4.90 Å². The number of rotatable bonds is 9. The number of allylic oxidation sites excluding steroid dienone is 1. The lowest BCUT2D eigenvalue weighted by Gasteiger charge is -2.33. The molecule has 0 aliphatic carbocycles. The highest BCUT2D eigenvalue weighted by Gasteiger charge is 2.26. The molecule has 0 spiro atoms. The van der Waals surface area contributed by atoms with Crippen molar-refractivity contribution in [3.8, 4) is 11.1 Å². The summed E-state index contributed by atoms with van der Waals surface area (Å²) in [5.41, 5.74) is 7.40. The van der Waals surface area contributed by atoms with E-state index in [1.807, 2.05) is 12.1 Å². The number of ketones is 1. The monoisotopic (exact) mass is 605 g/mol. The van der Waals surface area contributed by atoms with E-state index in [1.165, 1.54) is 5.56 Å². The summed E-state index contributed by atoms with van der Waals surface area (Å²) in [6, 6.07) is 27.3. The number of nitrogens with zero attached hydrogens (tertiary/aromatic N) is 1. The van der Waals surface area contributed by atoms with Crippen molar-refractivity contribution in [2.45, 2.75) is 47.0 Å². The molecule has 0 atom stereocenters. The number of carboxylic acids is 2. The van der Waals surface area contributed by atoms with Gasteiger partial charge in [-0.1, -0.05) is 101 Å². The first-order valence-corrected chi connectivity index (χ1v) is 15.0. The summed E-state index contributed by atoms with van der Waals surface area (Å²) in [4.78, 5) is 37.0. The first-order valence-electron chi connectivity index (χ1n) is 15.0. The Labute approximate surface area is 266 Å². The quantitative estimate of drug-likeness (QED) is 0.146. The molecule has 0 radical (unpaired) electrons. The van der Waals surface area contributed by atoms with Gasteiger partial charge in [0.25, 0.3) is 0 Å². The summed E-state index contributed by atoms with van der Waals surface area (Å²) in [6.45, 7) is 14.0. The average Bonchev–Trinajstić information content (AvgIpc) is 2.99. The Bertz CT molecular complexity index is 1650. The van der Waals surface area contributed by atoms with Gasteiger partial charge in [0.1, 0.15) is 0 Å². The van der Waals surface area contributed by atoms with Gasteiger partial charge in [0.15, 0.2) is 5.78 Å². The molecule has 4 rings (SSSR count). The van der Waals surface area contributed by atoms with Crippen molar-refractivity contribution in [1.29, 1.82) is 0 Å². The summed E-state index contributed by atoms with van der Waals surface area (Å²) in [5, 5.41) is 17.5. The van der Waals surface area contributed by atoms with Crippen LogP contribution in [0.4, 0.5) is 5.69 Å². The first kappa shape index (κ1) is 34.5. The normalized spacial score (nSPS) is 11.2.